The Labute approximate surface area is 750 Å². The average molecular weight is 1830 g/mol. The molecule has 0 bridgehead atoms. The van der Waals surface area contributed by atoms with E-state index in [9.17, 15) is 30.0 Å². The van der Waals surface area contributed by atoms with E-state index in [2.05, 4.69) is 128 Å². The molecule has 0 saturated carbocycles. The summed E-state index contributed by atoms with van der Waals surface area (Å²) in [5.41, 5.74) is 10.0. The average Bonchev–Trinajstić information content (AvgIpc) is 1.59. The van der Waals surface area contributed by atoms with Crippen LogP contribution < -0.4 is 40.9 Å². The normalized spacial score (nSPS) is 18.1. The first-order valence-corrected chi connectivity index (χ1v) is 48.1. The van der Waals surface area contributed by atoms with Gasteiger partial charge in [-0.2, -0.15) is 19.9 Å². The largest absolute Gasteiger partial charge is 0.492 e. The minimum atomic E-state index is -1.19. The number of aromatic nitrogens is 18. The van der Waals surface area contributed by atoms with Crippen molar-refractivity contribution in [1.82, 2.24) is 88.5 Å². The zero-order valence-corrected chi connectivity index (χ0v) is 74.3. The van der Waals surface area contributed by atoms with Gasteiger partial charge >= 0.3 is 0 Å². The second-order valence-electron chi connectivity index (χ2n) is 31.9. The quantitative estimate of drug-likeness (QED) is 0.0580. The maximum absolute atomic E-state index is 13.7. The summed E-state index contributed by atoms with van der Waals surface area (Å²) >= 11 is 6.17. The molecule has 4 N–H and O–H groups in total. The van der Waals surface area contributed by atoms with Crippen molar-refractivity contribution in [2.24, 2.45) is 0 Å². The van der Waals surface area contributed by atoms with Gasteiger partial charge in [0.2, 0.25) is 23.8 Å². The number of ether oxygens (including phenoxy) is 2. The van der Waals surface area contributed by atoms with Crippen molar-refractivity contribution < 1.29 is 39.5 Å². The topological polar surface area (TPSA) is 348 Å². The number of benzene rings is 5. The van der Waals surface area contributed by atoms with E-state index in [1.165, 1.54) is 42.0 Å². The van der Waals surface area contributed by atoms with E-state index >= 15 is 0 Å². The Balaban J connectivity index is 0.000000112. The molecule has 32 nitrogen and oxygen atoms in total. The Morgan fingerprint density at radius 1 is 0.508 bits per heavy atom. The van der Waals surface area contributed by atoms with Crippen LogP contribution in [0, 0.1) is 31.3 Å². The zero-order valence-electron chi connectivity index (χ0n) is 70.3. The van der Waals surface area contributed by atoms with Crippen molar-refractivity contribution in [1.29, 1.82) is 0 Å². The minimum Gasteiger partial charge on any atom is -0.492 e. The molecule has 0 amide bonds. The summed E-state index contributed by atoms with van der Waals surface area (Å²) in [5.74, 6) is 11.5. The third-order valence-electron chi connectivity index (χ3n) is 23.3. The van der Waals surface area contributed by atoms with Gasteiger partial charge in [0.15, 0.2) is 34.9 Å². The number of hydrogen-bond donors (Lipinski definition) is 4. The van der Waals surface area contributed by atoms with Crippen LogP contribution in [-0.2, 0) is 137 Å². The molecule has 5 aromatic carbocycles. The van der Waals surface area contributed by atoms with Gasteiger partial charge in [-0.05, 0) is 105 Å². The van der Waals surface area contributed by atoms with E-state index in [4.69, 9.17) is 60.9 Å². The third kappa shape index (κ3) is 18.5. The van der Waals surface area contributed by atoms with Crippen LogP contribution in [-0.4, -0.2) is 180 Å². The number of rotatable bonds is 18. The Hall–Kier alpha value is -12.3. The van der Waals surface area contributed by atoms with Crippen LogP contribution in [0.4, 0.5) is 77.3 Å². The smallest absolute Gasteiger partial charge is 0.228 e. The Morgan fingerprint density at radius 2 is 0.969 bits per heavy atom. The third-order valence-corrected chi connectivity index (χ3v) is 29.5. The summed E-state index contributed by atoms with van der Waals surface area (Å²) in [6.45, 7) is 20.1. The summed E-state index contributed by atoms with van der Waals surface area (Å²) < 4.78 is 111. The van der Waals surface area contributed by atoms with Gasteiger partial charge in [0.05, 0.1) is 98.8 Å². The molecule has 0 aliphatic carbocycles. The highest BCUT2D eigenvalue weighted by Gasteiger charge is 2.36. The SMILES string of the molecule is C=C(OCC)c1cn2c(n1)CN(c1nc3c(c(Nc4cccc(F)c4)n1)S(=O)CC3)CC2.Cc1cc(Cc2nnc3n2CCN(c2nc4c(c(Nc5cccc(F)c5)n2)S(=O)CC4)C3)ccc1Cl.Cc1ccc(-c2nnc3n2CCN(c2nc4c(c(Nc5cccc(F)c5)n2)S(=O)CC4)C3)cc1.O=S1CCc2nc(N3CCn4ccnc4C3)nc(NC3CCOCC3)c21. The number of aryl methyl sites for hydroxylation is 6. The van der Waals surface area contributed by atoms with Gasteiger partial charge < -0.3 is 68.6 Å². The van der Waals surface area contributed by atoms with Gasteiger partial charge in [0.1, 0.15) is 71.8 Å². The van der Waals surface area contributed by atoms with Gasteiger partial charge in [0, 0.05) is 173 Å². The molecule has 128 heavy (non-hydrogen) atoms. The molecule has 0 radical (unpaired) electrons. The highest BCUT2D eigenvalue weighted by atomic mass is 35.5. The fourth-order valence-corrected chi connectivity index (χ4v) is 22.1. The molecule has 0 spiro atoms. The van der Waals surface area contributed by atoms with Crippen LogP contribution in [0.15, 0.2) is 160 Å². The van der Waals surface area contributed by atoms with Crippen LogP contribution in [0.2, 0.25) is 5.02 Å². The van der Waals surface area contributed by atoms with Crippen LogP contribution in [0.25, 0.3) is 17.1 Å². The van der Waals surface area contributed by atoms with E-state index in [1.807, 2.05) is 49.5 Å². The van der Waals surface area contributed by atoms with Crippen molar-refractivity contribution in [2.75, 3.05) is 110 Å². The van der Waals surface area contributed by atoms with Crippen molar-refractivity contribution in [3.05, 3.63) is 237 Å². The lowest BCUT2D eigenvalue weighted by Crippen LogP contribution is -2.35. The van der Waals surface area contributed by atoms with Crippen molar-refractivity contribution in [3.8, 4) is 11.4 Å². The molecule has 40 heteroatoms. The lowest BCUT2D eigenvalue weighted by molar-refractivity contribution is 0.0903. The van der Waals surface area contributed by atoms with Gasteiger partial charge in [-0.15, -0.1) is 20.4 Å². The molecular weight excluding hydrogens is 1740 g/mol. The summed E-state index contributed by atoms with van der Waals surface area (Å²) in [6, 6.07) is 33.0. The molecule has 9 aliphatic rings. The Kier molecular flexibility index (Phi) is 24.7. The van der Waals surface area contributed by atoms with Crippen LogP contribution >= 0.6 is 11.6 Å². The predicted octanol–water partition coefficient (Wildman–Crippen LogP) is 12.0. The number of fused-ring (bicyclic) bond motifs is 8. The molecule has 13 aromatic rings. The van der Waals surface area contributed by atoms with Gasteiger partial charge in [0.25, 0.3) is 0 Å². The first-order chi connectivity index (χ1) is 62.3. The lowest BCUT2D eigenvalue weighted by atomic mass is 10.1. The number of nitrogens with zero attached hydrogens (tertiary/aromatic N) is 22. The van der Waals surface area contributed by atoms with Gasteiger partial charge in [-0.1, -0.05) is 78.3 Å². The molecule has 8 aromatic heterocycles. The van der Waals surface area contributed by atoms with E-state index < -0.39 is 43.2 Å². The first kappa shape index (κ1) is 85.2. The van der Waals surface area contributed by atoms with E-state index in [0.29, 0.717) is 199 Å². The summed E-state index contributed by atoms with van der Waals surface area (Å²) in [5, 5.41) is 31.5. The molecule has 4 unspecified atom stereocenters. The van der Waals surface area contributed by atoms with Crippen LogP contribution in [0.3, 0.4) is 0 Å². The molecule has 660 valence electrons. The van der Waals surface area contributed by atoms with E-state index in [0.717, 1.165) is 148 Å². The fourth-order valence-electron chi connectivity index (χ4n) is 16.7. The first-order valence-electron chi connectivity index (χ1n) is 42.4. The molecular formula is C88H90ClF3N26O6S4. The highest BCUT2D eigenvalue weighted by molar-refractivity contribution is 7.86. The molecule has 9 aliphatic heterocycles. The summed E-state index contributed by atoms with van der Waals surface area (Å²) in [6.07, 6.45) is 11.0. The lowest BCUT2D eigenvalue weighted by Gasteiger charge is -2.29. The van der Waals surface area contributed by atoms with Crippen molar-refractivity contribution in [2.45, 2.75) is 144 Å². The fraction of sp³-hybridized carbons (Fsp3) is 0.341. The summed E-state index contributed by atoms with van der Waals surface area (Å²) in [7, 11) is -4.57. The molecule has 17 heterocycles. The van der Waals surface area contributed by atoms with Gasteiger partial charge in [-0.3, -0.25) is 16.8 Å². The molecule has 1 saturated heterocycles. The van der Waals surface area contributed by atoms with Crippen molar-refractivity contribution >= 4 is 125 Å². The number of nitrogens with one attached hydrogen (secondary N) is 4. The monoisotopic (exact) mass is 1830 g/mol. The molecule has 1 fully saturated rings. The second kappa shape index (κ2) is 37.2. The Morgan fingerprint density at radius 3 is 1.48 bits per heavy atom. The highest BCUT2D eigenvalue weighted by Crippen LogP contribution is 2.39. The number of halogens is 4. The number of hydrogen-bond acceptors (Lipinski definition) is 28. The molecule has 4 atom stereocenters. The van der Waals surface area contributed by atoms with Crippen LogP contribution in [0.5, 0.6) is 0 Å². The van der Waals surface area contributed by atoms with Crippen LogP contribution in [0.1, 0.15) is 94.0 Å². The second-order valence-corrected chi connectivity index (χ2v) is 38.4. The van der Waals surface area contributed by atoms with Crippen molar-refractivity contribution in [3.63, 3.8) is 0 Å². The Bertz CT molecular complexity index is 6530. The molecule has 22 rings (SSSR count). The van der Waals surface area contributed by atoms with E-state index in [-0.39, 0.29) is 17.5 Å². The maximum atomic E-state index is 13.7. The van der Waals surface area contributed by atoms with Gasteiger partial charge in [-0.25, -0.2) is 43.1 Å². The number of anilines is 11. The van der Waals surface area contributed by atoms with E-state index in [1.54, 1.807) is 36.4 Å². The zero-order chi connectivity index (χ0) is 87.8. The number of imidazole rings is 2. The summed E-state index contributed by atoms with van der Waals surface area (Å²) in [4.78, 5) is 57.9. The standard InChI is InChI=1S/C25H23ClFN7OS.C24H22FN7OS.C22H23FN6O2S.C17H22N6O2S/c1-15-11-16(5-6-19(15)26)12-21-31-32-22-14-33(8-9-34(21)22)25-29-20-7-10-36(35)23(20)24(30-25)28-18-4-2-3-17(27)13-18;1-15-5-7-16(8-6-15)23-30-29-20-14-31(10-11-32(20)23)24-27-19-9-12-34(33)21(19)22(28-24)26-18-4-2-3-17(25)13-18;1-3-31-14(2)18-12-28-8-9-29(13-19(28)25-18)22-26-17-7-10-32(30)20(17)21(27-22)24-16-6-4-5-15(23)11-16;24-26-10-3-13-15(26)16(19-12-1-8-25-9-2-12)21-17(20-13)23-7-6-22-5-4-18-14(22)11-23/h2-6,11,13H,7-10,12,14H2,1H3,(H,28,29,30);2-8,13H,9-12,14H2,1H3,(H,26,27,28);4-6,11-12H,2-3,7-10,13H2,1H3,(H,24,26,27);4-5,12H,1-3,6-11H2,(H,19,20,21). The predicted molar refractivity (Wildman–Crippen MR) is 483 cm³/mol. The maximum Gasteiger partial charge on any atom is 0.228 e. The minimum absolute atomic E-state index is 0.313.